The molecule has 0 amide bonds. The Hall–Kier alpha value is -1.66. The maximum absolute atomic E-state index is 5.01. The highest BCUT2D eigenvalue weighted by Gasteiger charge is 2.07. The van der Waals surface area contributed by atoms with Crippen molar-refractivity contribution in [3.8, 4) is 0 Å². The van der Waals surface area contributed by atoms with Crippen molar-refractivity contribution in [1.82, 2.24) is 24.6 Å². The van der Waals surface area contributed by atoms with Gasteiger partial charge in [-0.3, -0.25) is 4.68 Å². The molecule has 0 unspecified atom stereocenters. The lowest BCUT2D eigenvalue weighted by Gasteiger charge is -2.08. The maximum Gasteiger partial charge on any atom is 0.0951 e. The Balaban J connectivity index is 1.97. The van der Waals surface area contributed by atoms with Gasteiger partial charge in [0, 0.05) is 45.2 Å². The minimum atomic E-state index is 0.718. The van der Waals surface area contributed by atoms with E-state index in [2.05, 4.69) is 26.2 Å². The van der Waals surface area contributed by atoms with E-state index in [-0.39, 0.29) is 0 Å². The van der Waals surface area contributed by atoms with Gasteiger partial charge in [0.2, 0.25) is 0 Å². The van der Waals surface area contributed by atoms with Gasteiger partial charge in [-0.2, -0.15) is 5.10 Å². The van der Waals surface area contributed by atoms with Gasteiger partial charge < -0.3 is 14.6 Å². The largest absolute Gasteiger partial charge is 0.383 e. The highest BCUT2D eigenvalue weighted by Crippen LogP contribution is 2.09. The first-order chi connectivity index (χ1) is 9.20. The van der Waals surface area contributed by atoms with Crippen LogP contribution in [0.3, 0.4) is 0 Å². The Morgan fingerprint density at radius 2 is 2.26 bits per heavy atom. The van der Waals surface area contributed by atoms with Crippen LogP contribution >= 0.6 is 0 Å². The molecule has 0 radical (unpaired) electrons. The Morgan fingerprint density at radius 1 is 1.42 bits per heavy atom. The van der Waals surface area contributed by atoms with Crippen LogP contribution < -0.4 is 5.32 Å². The highest BCUT2D eigenvalue weighted by molar-refractivity contribution is 5.17. The molecule has 104 valence electrons. The van der Waals surface area contributed by atoms with Crippen molar-refractivity contribution in [2.24, 2.45) is 7.05 Å². The number of rotatable bonds is 7. The van der Waals surface area contributed by atoms with E-state index in [1.54, 1.807) is 7.11 Å². The Kier molecular flexibility index (Phi) is 4.70. The van der Waals surface area contributed by atoms with E-state index < -0.39 is 0 Å². The molecule has 1 N–H and O–H groups in total. The van der Waals surface area contributed by atoms with Crippen molar-refractivity contribution in [1.29, 1.82) is 0 Å². The van der Waals surface area contributed by atoms with E-state index in [0.717, 1.165) is 31.9 Å². The van der Waals surface area contributed by atoms with E-state index in [0.29, 0.717) is 0 Å². The van der Waals surface area contributed by atoms with Gasteiger partial charge in [0.15, 0.2) is 0 Å². The van der Waals surface area contributed by atoms with Gasteiger partial charge >= 0.3 is 0 Å². The molecule has 0 aliphatic heterocycles. The fourth-order valence-corrected chi connectivity index (χ4v) is 2.02. The Labute approximate surface area is 113 Å². The summed E-state index contributed by atoms with van der Waals surface area (Å²) in [6, 6.07) is 0. The van der Waals surface area contributed by atoms with Gasteiger partial charge in [-0.1, -0.05) is 0 Å². The first-order valence-corrected chi connectivity index (χ1v) is 6.38. The molecule has 0 saturated carbocycles. The van der Waals surface area contributed by atoms with Crippen LogP contribution in [0, 0.1) is 6.92 Å². The average molecular weight is 263 g/mol. The Bertz CT molecular complexity index is 517. The second kappa shape index (κ2) is 6.49. The minimum absolute atomic E-state index is 0.718. The van der Waals surface area contributed by atoms with Crippen LogP contribution in [0.1, 0.15) is 17.0 Å². The molecule has 0 saturated heterocycles. The molecule has 2 aromatic heterocycles. The van der Waals surface area contributed by atoms with Crippen LogP contribution in [0.2, 0.25) is 0 Å². The number of aromatic nitrogens is 4. The first kappa shape index (κ1) is 13.8. The molecule has 0 aromatic carbocycles. The van der Waals surface area contributed by atoms with E-state index in [1.807, 2.05) is 31.2 Å². The molecule has 6 heteroatoms. The number of hydrogen-bond donors (Lipinski definition) is 1. The third-order valence-electron chi connectivity index (χ3n) is 3.04. The van der Waals surface area contributed by atoms with Gasteiger partial charge in [-0.05, 0) is 6.92 Å². The van der Waals surface area contributed by atoms with Crippen molar-refractivity contribution in [3.63, 3.8) is 0 Å². The van der Waals surface area contributed by atoms with Gasteiger partial charge in [-0.25, -0.2) is 4.98 Å². The molecule has 0 bridgehead atoms. The predicted molar refractivity (Wildman–Crippen MR) is 72.9 cm³/mol. The number of methoxy groups -OCH3 is 1. The average Bonchev–Trinajstić information content (AvgIpc) is 2.93. The standard InChI is InChI=1S/C13H21N5O/c1-11-12(8-17(2)16-11)9-18-10-15-7-13(18)6-14-4-5-19-3/h7-8,10,14H,4-6,9H2,1-3H3. The maximum atomic E-state index is 5.01. The first-order valence-electron chi connectivity index (χ1n) is 6.38. The molecule has 0 fully saturated rings. The molecular weight excluding hydrogens is 242 g/mol. The quantitative estimate of drug-likeness (QED) is 0.748. The summed E-state index contributed by atoms with van der Waals surface area (Å²) in [4.78, 5) is 4.22. The van der Waals surface area contributed by atoms with Crippen molar-refractivity contribution in [2.45, 2.75) is 20.0 Å². The van der Waals surface area contributed by atoms with Crippen LogP contribution in [0.5, 0.6) is 0 Å². The van der Waals surface area contributed by atoms with E-state index in [4.69, 9.17) is 4.74 Å². The topological polar surface area (TPSA) is 56.9 Å². The van der Waals surface area contributed by atoms with E-state index in [1.165, 1.54) is 11.3 Å². The monoisotopic (exact) mass is 263 g/mol. The second-order valence-electron chi connectivity index (χ2n) is 4.60. The summed E-state index contributed by atoms with van der Waals surface area (Å²) in [5.74, 6) is 0. The zero-order chi connectivity index (χ0) is 13.7. The summed E-state index contributed by atoms with van der Waals surface area (Å²) in [7, 11) is 3.65. The molecule has 0 atom stereocenters. The van der Waals surface area contributed by atoms with Crippen molar-refractivity contribution < 1.29 is 4.74 Å². The number of nitrogens with zero attached hydrogens (tertiary/aromatic N) is 4. The molecule has 0 aliphatic rings. The van der Waals surface area contributed by atoms with Gasteiger partial charge in [0.1, 0.15) is 0 Å². The van der Waals surface area contributed by atoms with E-state index in [9.17, 15) is 0 Å². The van der Waals surface area contributed by atoms with Crippen LogP contribution in [0.25, 0.3) is 0 Å². The number of ether oxygens (including phenoxy) is 1. The van der Waals surface area contributed by atoms with Crippen LogP contribution in [-0.2, 0) is 24.9 Å². The summed E-state index contributed by atoms with van der Waals surface area (Å²) in [6.07, 6.45) is 5.81. The summed E-state index contributed by atoms with van der Waals surface area (Å²) in [6.45, 7) is 5.19. The SMILES string of the molecule is COCCNCc1cncn1Cc1cn(C)nc1C. The Morgan fingerprint density at radius 3 is 2.95 bits per heavy atom. The number of hydrogen-bond acceptors (Lipinski definition) is 4. The van der Waals surface area contributed by atoms with Crippen molar-refractivity contribution in [3.05, 3.63) is 35.7 Å². The van der Waals surface area contributed by atoms with Gasteiger partial charge in [0.05, 0.1) is 30.9 Å². The van der Waals surface area contributed by atoms with Crippen LogP contribution in [0.15, 0.2) is 18.7 Å². The zero-order valence-corrected chi connectivity index (χ0v) is 11.8. The minimum Gasteiger partial charge on any atom is -0.383 e. The number of nitrogens with one attached hydrogen (secondary N) is 1. The molecular formula is C13H21N5O. The lowest BCUT2D eigenvalue weighted by atomic mass is 10.2. The molecule has 19 heavy (non-hydrogen) atoms. The number of imidazole rings is 1. The summed E-state index contributed by atoms with van der Waals surface area (Å²) in [5.41, 5.74) is 3.45. The fraction of sp³-hybridized carbons (Fsp3) is 0.538. The van der Waals surface area contributed by atoms with E-state index >= 15 is 0 Å². The van der Waals surface area contributed by atoms with Gasteiger partial charge in [0.25, 0.3) is 0 Å². The summed E-state index contributed by atoms with van der Waals surface area (Å²) in [5, 5.41) is 7.69. The fourth-order valence-electron chi connectivity index (χ4n) is 2.02. The van der Waals surface area contributed by atoms with Crippen LogP contribution in [0.4, 0.5) is 0 Å². The third-order valence-corrected chi connectivity index (χ3v) is 3.04. The molecule has 2 heterocycles. The van der Waals surface area contributed by atoms with Crippen LogP contribution in [-0.4, -0.2) is 39.6 Å². The van der Waals surface area contributed by atoms with Crippen molar-refractivity contribution >= 4 is 0 Å². The zero-order valence-electron chi connectivity index (χ0n) is 11.8. The normalized spacial score (nSPS) is 11.1. The summed E-state index contributed by atoms with van der Waals surface area (Å²) >= 11 is 0. The molecule has 0 spiro atoms. The lowest BCUT2D eigenvalue weighted by Crippen LogP contribution is -2.20. The lowest BCUT2D eigenvalue weighted by molar-refractivity contribution is 0.199. The molecule has 6 nitrogen and oxygen atoms in total. The molecule has 2 aromatic rings. The highest BCUT2D eigenvalue weighted by atomic mass is 16.5. The predicted octanol–water partition coefficient (Wildman–Crippen LogP) is 0.709. The summed E-state index contributed by atoms with van der Waals surface area (Å²) < 4.78 is 9.00. The third kappa shape index (κ3) is 3.65. The van der Waals surface area contributed by atoms with Crippen molar-refractivity contribution in [2.75, 3.05) is 20.3 Å². The second-order valence-corrected chi connectivity index (χ2v) is 4.60. The number of aryl methyl sites for hydroxylation is 2. The smallest absolute Gasteiger partial charge is 0.0951 e. The molecule has 0 aliphatic carbocycles. The van der Waals surface area contributed by atoms with Gasteiger partial charge in [-0.15, -0.1) is 0 Å². The molecule has 2 rings (SSSR count).